The monoisotopic (exact) mass is 229 g/mol. The van der Waals surface area contributed by atoms with Gasteiger partial charge in [-0.2, -0.15) is 0 Å². The summed E-state index contributed by atoms with van der Waals surface area (Å²) in [7, 11) is 0. The number of nitrogens with two attached hydrogens (primary N) is 1. The molecule has 4 N–H and O–H groups in total. The van der Waals surface area contributed by atoms with Crippen molar-refractivity contribution in [1.29, 1.82) is 0 Å². The van der Waals surface area contributed by atoms with Crippen LogP contribution >= 0.6 is 0 Å². The van der Waals surface area contributed by atoms with E-state index >= 15 is 0 Å². The highest BCUT2D eigenvalue weighted by Gasteiger charge is 2.21. The summed E-state index contributed by atoms with van der Waals surface area (Å²) in [5, 5.41) is 5.75. The van der Waals surface area contributed by atoms with Gasteiger partial charge in [0.05, 0.1) is 13.2 Å². The number of carbonyl (C=O) groups is 2. The molecule has 1 saturated carbocycles. The molecule has 6 heteroatoms. The largest absolute Gasteiger partial charge is 0.370 e. The lowest BCUT2D eigenvalue weighted by molar-refractivity contribution is -0.123. The van der Waals surface area contributed by atoms with Gasteiger partial charge in [0.25, 0.3) is 0 Å². The average Bonchev–Trinajstić information content (AvgIpc) is 3.03. The molecular weight excluding hydrogens is 210 g/mol. The van der Waals surface area contributed by atoms with Crippen LogP contribution in [0.4, 0.5) is 0 Å². The molecule has 0 bridgehead atoms. The molecule has 0 spiro atoms. The van der Waals surface area contributed by atoms with Crippen LogP contribution in [0.5, 0.6) is 0 Å². The van der Waals surface area contributed by atoms with Gasteiger partial charge in [0, 0.05) is 13.1 Å². The number of nitrogens with one attached hydrogen (secondary N) is 2. The van der Waals surface area contributed by atoms with E-state index in [4.69, 9.17) is 10.5 Å². The highest BCUT2D eigenvalue weighted by atomic mass is 16.5. The van der Waals surface area contributed by atoms with Crippen LogP contribution in [-0.4, -0.2) is 44.7 Å². The number of primary amides is 1. The third-order valence-corrected chi connectivity index (χ3v) is 2.24. The van der Waals surface area contributed by atoms with Crippen LogP contribution in [0.2, 0.25) is 0 Å². The summed E-state index contributed by atoms with van der Waals surface area (Å²) in [6, 6.07) is 0. The maximum atomic E-state index is 11.2. The van der Waals surface area contributed by atoms with Crippen molar-refractivity contribution < 1.29 is 14.3 Å². The van der Waals surface area contributed by atoms with E-state index in [-0.39, 0.29) is 19.1 Å². The molecule has 1 rings (SSSR count). The Bertz CT molecular complexity index is 241. The first kappa shape index (κ1) is 12.9. The van der Waals surface area contributed by atoms with E-state index in [2.05, 4.69) is 10.6 Å². The summed E-state index contributed by atoms with van der Waals surface area (Å²) < 4.78 is 4.92. The lowest BCUT2D eigenvalue weighted by atomic mass is 10.4. The number of carbonyl (C=O) groups excluding carboxylic acids is 2. The Kier molecular flexibility index (Phi) is 5.81. The zero-order chi connectivity index (χ0) is 11.8. The molecular formula is C10H19N3O3. The van der Waals surface area contributed by atoms with Crippen molar-refractivity contribution >= 4 is 11.8 Å². The Labute approximate surface area is 94.9 Å². The molecule has 2 amide bonds. The third kappa shape index (κ3) is 7.19. The molecule has 0 aliphatic heterocycles. The highest BCUT2D eigenvalue weighted by molar-refractivity contribution is 5.78. The van der Waals surface area contributed by atoms with Crippen molar-refractivity contribution in [3.63, 3.8) is 0 Å². The summed E-state index contributed by atoms with van der Waals surface area (Å²) in [6.07, 6.45) is 2.46. The molecule has 92 valence electrons. The summed E-state index contributed by atoms with van der Waals surface area (Å²) in [5.74, 6) is 0.215. The maximum absolute atomic E-state index is 11.2. The van der Waals surface area contributed by atoms with Gasteiger partial charge in [0.1, 0.15) is 6.61 Å². The van der Waals surface area contributed by atoms with E-state index in [0.717, 1.165) is 6.54 Å². The molecule has 0 atom stereocenters. The number of hydrogen-bond donors (Lipinski definition) is 3. The van der Waals surface area contributed by atoms with Crippen LogP contribution in [0.25, 0.3) is 0 Å². The fraction of sp³-hybridized carbons (Fsp3) is 0.800. The van der Waals surface area contributed by atoms with Gasteiger partial charge in [0.15, 0.2) is 0 Å². The van der Waals surface area contributed by atoms with Crippen molar-refractivity contribution in [3.05, 3.63) is 0 Å². The van der Waals surface area contributed by atoms with E-state index < -0.39 is 5.91 Å². The quantitative estimate of drug-likeness (QED) is 0.424. The molecule has 0 aromatic carbocycles. The lowest BCUT2D eigenvalue weighted by Crippen LogP contribution is -2.36. The van der Waals surface area contributed by atoms with Gasteiger partial charge in [0.2, 0.25) is 11.8 Å². The predicted octanol–water partition coefficient (Wildman–Crippen LogP) is -1.40. The van der Waals surface area contributed by atoms with Crippen molar-refractivity contribution in [2.45, 2.75) is 12.8 Å². The number of rotatable bonds is 9. The molecule has 0 heterocycles. The van der Waals surface area contributed by atoms with Crippen LogP contribution in [0.3, 0.4) is 0 Å². The minimum absolute atomic E-state index is 0.00167. The second-order valence-corrected chi connectivity index (χ2v) is 3.94. The first-order chi connectivity index (χ1) is 7.68. The first-order valence-electron chi connectivity index (χ1n) is 5.52. The van der Waals surface area contributed by atoms with Crippen molar-refractivity contribution in [2.75, 3.05) is 32.8 Å². The molecule has 16 heavy (non-hydrogen) atoms. The summed E-state index contributed by atoms with van der Waals surface area (Å²) >= 11 is 0. The van der Waals surface area contributed by atoms with Gasteiger partial charge in [-0.1, -0.05) is 0 Å². The molecule has 6 nitrogen and oxygen atoms in total. The van der Waals surface area contributed by atoms with Crippen molar-refractivity contribution in [2.24, 2.45) is 11.7 Å². The minimum atomic E-state index is -0.484. The van der Waals surface area contributed by atoms with Crippen LogP contribution < -0.4 is 16.4 Å². The minimum Gasteiger partial charge on any atom is -0.370 e. The highest BCUT2D eigenvalue weighted by Crippen LogP contribution is 2.27. The SMILES string of the molecule is NC(=O)COCCNCC(=O)NCC1CC1. The van der Waals surface area contributed by atoms with Gasteiger partial charge in [-0.25, -0.2) is 0 Å². The third-order valence-electron chi connectivity index (χ3n) is 2.24. The van der Waals surface area contributed by atoms with Crippen LogP contribution in [-0.2, 0) is 14.3 Å². The van der Waals surface area contributed by atoms with E-state index in [1.165, 1.54) is 12.8 Å². The van der Waals surface area contributed by atoms with Crippen molar-refractivity contribution in [3.8, 4) is 0 Å². The van der Waals surface area contributed by atoms with Crippen molar-refractivity contribution in [1.82, 2.24) is 10.6 Å². The molecule has 1 aliphatic carbocycles. The lowest BCUT2D eigenvalue weighted by Gasteiger charge is -2.06. The fourth-order valence-electron chi connectivity index (χ4n) is 1.16. The maximum Gasteiger partial charge on any atom is 0.243 e. The molecule has 0 saturated heterocycles. The molecule has 0 aromatic rings. The van der Waals surface area contributed by atoms with Gasteiger partial charge in [-0.3, -0.25) is 9.59 Å². The Morgan fingerprint density at radius 1 is 1.38 bits per heavy atom. The molecule has 0 radical (unpaired) electrons. The topological polar surface area (TPSA) is 93.5 Å². The summed E-state index contributed by atoms with van der Waals surface area (Å²) in [6.45, 7) is 1.91. The van der Waals surface area contributed by atoms with Crippen LogP contribution in [0, 0.1) is 5.92 Å². The first-order valence-corrected chi connectivity index (χ1v) is 5.52. The molecule has 0 unspecified atom stereocenters. The zero-order valence-corrected chi connectivity index (χ0v) is 9.33. The second-order valence-electron chi connectivity index (χ2n) is 3.94. The standard InChI is InChI=1S/C10H19N3O3/c11-9(14)7-16-4-3-12-6-10(15)13-5-8-1-2-8/h8,12H,1-7H2,(H2,11,14)(H,13,15). The van der Waals surface area contributed by atoms with E-state index in [1.807, 2.05) is 0 Å². The molecule has 0 aromatic heterocycles. The number of hydrogen-bond acceptors (Lipinski definition) is 4. The van der Waals surface area contributed by atoms with Crippen LogP contribution in [0.1, 0.15) is 12.8 Å². The smallest absolute Gasteiger partial charge is 0.243 e. The van der Waals surface area contributed by atoms with Gasteiger partial charge < -0.3 is 21.1 Å². The predicted molar refractivity (Wildman–Crippen MR) is 58.6 cm³/mol. The summed E-state index contributed by atoms with van der Waals surface area (Å²) in [4.78, 5) is 21.5. The zero-order valence-electron chi connectivity index (χ0n) is 9.33. The van der Waals surface area contributed by atoms with Crippen LogP contribution in [0.15, 0.2) is 0 Å². The number of amides is 2. The Hall–Kier alpha value is -1.14. The van der Waals surface area contributed by atoms with E-state index in [1.54, 1.807) is 0 Å². The number of ether oxygens (including phenoxy) is 1. The van der Waals surface area contributed by atoms with Gasteiger partial charge >= 0.3 is 0 Å². The van der Waals surface area contributed by atoms with E-state index in [9.17, 15) is 9.59 Å². The summed E-state index contributed by atoms with van der Waals surface area (Å²) in [5.41, 5.74) is 4.88. The molecule has 1 fully saturated rings. The Balaban J connectivity index is 1.82. The Morgan fingerprint density at radius 3 is 2.75 bits per heavy atom. The second kappa shape index (κ2) is 7.19. The average molecular weight is 229 g/mol. The Morgan fingerprint density at radius 2 is 2.12 bits per heavy atom. The van der Waals surface area contributed by atoms with E-state index in [0.29, 0.717) is 19.1 Å². The van der Waals surface area contributed by atoms with Gasteiger partial charge in [-0.15, -0.1) is 0 Å². The molecule has 1 aliphatic rings. The normalized spacial score (nSPS) is 14.8. The van der Waals surface area contributed by atoms with Gasteiger partial charge in [-0.05, 0) is 18.8 Å². The fourth-order valence-corrected chi connectivity index (χ4v) is 1.16.